The fraction of sp³-hybridized carbons (Fsp3) is 0.160. The molecular formula is C25H24ClN3O4S2. The van der Waals surface area contributed by atoms with Crippen LogP contribution in [0.4, 0.5) is 0 Å². The van der Waals surface area contributed by atoms with Gasteiger partial charge in [0, 0.05) is 33.8 Å². The molecule has 182 valence electrons. The SMILES string of the molecule is [3H]c1c(OC)ccc(-c2nc(SC([3H])([3H])C([3H])([3H])NS(=O)(=O)c3c([3H])c([3H])c(Cl)c([3H])c3[3H])n([3H])c2-c2c([3H])c([3H])c(OC([3H])([3H])[3H])c([3H])c2[3H])c1[3H]. The van der Waals surface area contributed by atoms with E-state index < -0.39 is 127 Å². The number of halogens is 1. The Kier molecular flexibility index (Phi) is 3.50. The van der Waals surface area contributed by atoms with Crippen molar-refractivity contribution in [2.24, 2.45) is 0 Å². The van der Waals surface area contributed by atoms with Gasteiger partial charge in [-0.3, -0.25) is 0 Å². The summed E-state index contributed by atoms with van der Waals surface area (Å²) in [6.45, 7) is -3.71. The Hall–Kier alpha value is -2.98. The second-order valence-corrected chi connectivity index (χ2v) is 8.92. The van der Waals surface area contributed by atoms with Gasteiger partial charge >= 0.3 is 0 Å². The molecule has 35 heavy (non-hydrogen) atoms. The molecule has 0 atom stereocenters. The quantitative estimate of drug-likeness (QED) is 0.247. The van der Waals surface area contributed by atoms with Gasteiger partial charge in [0.1, 0.15) is 11.5 Å². The van der Waals surface area contributed by atoms with Gasteiger partial charge in [-0.2, -0.15) is 0 Å². The zero-order valence-corrected chi connectivity index (χ0v) is 19.8. The smallest absolute Gasteiger partial charge is 0.240 e. The Bertz CT molecular complexity index is 2210. The number of aromatic nitrogens is 2. The largest absolute Gasteiger partial charge is 0.497 e. The molecule has 3 aromatic carbocycles. The Morgan fingerprint density at radius 2 is 1.80 bits per heavy atom. The molecule has 0 aliphatic heterocycles. The standard InChI is InChI=1S/C25H24ClN3O4S2/c1-32-20-9-3-17(4-10-20)23-24(18-5-11-21(33-2)12-6-18)29-25(28-23)34-16-15-27-35(30,31)22-13-7-19(26)8-14-22/h3-14,27H,15-16H2,1-2H3,(H,28,29)/i1T3,3T,4T,5T,7T,8T,9T,10T,11T,13T,14T,15T2,16T2/hT. The number of H-pyrrole nitrogens is 1. The Balaban J connectivity index is 1.95. The van der Waals surface area contributed by atoms with Crippen molar-refractivity contribution in [1.29, 1.82) is 0 Å². The van der Waals surface area contributed by atoms with E-state index in [1.54, 1.807) is 0 Å². The number of imidazole rings is 1. The molecule has 0 saturated carbocycles. The van der Waals surface area contributed by atoms with Gasteiger partial charge in [-0.1, -0.05) is 23.4 Å². The average molecular weight is 566 g/mol. The predicted octanol–water partition coefficient (Wildman–Crippen LogP) is 5.48. The van der Waals surface area contributed by atoms with Crippen molar-refractivity contribution in [3.05, 3.63) is 77.6 Å². The molecule has 0 aliphatic carbocycles. The highest BCUT2D eigenvalue weighted by Crippen LogP contribution is 2.34. The summed E-state index contributed by atoms with van der Waals surface area (Å²) in [5.41, 5.74) is -5.73. The normalized spacial score (nSPS) is 19.9. The maximum Gasteiger partial charge on any atom is 0.240 e. The number of nitrogens with one attached hydrogen (secondary N) is 2. The lowest BCUT2D eigenvalue weighted by atomic mass is 10.0. The van der Waals surface area contributed by atoms with Crippen LogP contribution in [0.2, 0.25) is 6.43 Å². The van der Waals surface area contributed by atoms with E-state index >= 15 is 0 Å². The Morgan fingerprint density at radius 3 is 2.51 bits per heavy atom. The fourth-order valence-electron chi connectivity index (χ4n) is 2.46. The summed E-state index contributed by atoms with van der Waals surface area (Å²) in [6, 6.07) is -7.02. The number of hydrogen-bond donors (Lipinski definition) is 2. The van der Waals surface area contributed by atoms with Crippen molar-refractivity contribution in [3.8, 4) is 34.0 Å². The van der Waals surface area contributed by atoms with Crippen molar-refractivity contribution < 1.29 is 42.6 Å². The number of benzene rings is 3. The van der Waals surface area contributed by atoms with Gasteiger partial charge < -0.3 is 14.5 Å². The molecule has 2 N–H and O–H groups in total. The van der Waals surface area contributed by atoms with Crippen LogP contribution >= 0.6 is 23.4 Å². The van der Waals surface area contributed by atoms with Gasteiger partial charge in [-0.25, -0.2) is 18.1 Å². The molecule has 10 heteroatoms. The lowest BCUT2D eigenvalue weighted by molar-refractivity contribution is 0.414. The molecular weight excluding hydrogens is 506 g/mol. The highest BCUT2D eigenvalue weighted by Gasteiger charge is 2.16. The lowest BCUT2D eigenvalue weighted by Crippen LogP contribution is -2.26. The lowest BCUT2D eigenvalue weighted by Gasteiger charge is -2.06. The van der Waals surface area contributed by atoms with E-state index in [-0.39, 0.29) is 28.1 Å². The van der Waals surface area contributed by atoms with Crippen LogP contribution in [0, 0.1) is 0 Å². The summed E-state index contributed by atoms with van der Waals surface area (Å²) in [6.07, 6.45) is 0. The van der Waals surface area contributed by atoms with E-state index in [2.05, 4.69) is 9.72 Å². The van der Waals surface area contributed by atoms with Gasteiger partial charge in [-0.05, 0) is 72.6 Å². The van der Waals surface area contributed by atoms with Crippen LogP contribution in [-0.2, 0) is 10.0 Å². The van der Waals surface area contributed by atoms with Crippen LogP contribution in [0.15, 0.2) is 82.6 Å². The van der Waals surface area contributed by atoms with Crippen molar-refractivity contribution in [2.45, 2.75) is 10.1 Å². The summed E-state index contributed by atoms with van der Waals surface area (Å²) in [7, 11) is -7.39. The maximum atomic E-state index is 13.3. The highest BCUT2D eigenvalue weighted by atomic mass is 35.5. The first-order valence-corrected chi connectivity index (χ1v) is 11.8. The molecule has 1 aromatic heterocycles. The molecule has 0 saturated heterocycles. The van der Waals surface area contributed by atoms with E-state index in [9.17, 15) is 8.42 Å². The number of sulfonamides is 1. The molecule has 0 radical (unpaired) electrons. The van der Waals surface area contributed by atoms with Crippen molar-refractivity contribution in [2.75, 3.05) is 26.3 Å². The number of thioether (sulfide) groups is 1. The molecule has 1 heterocycles. The minimum Gasteiger partial charge on any atom is -0.497 e. The third-order valence-electron chi connectivity index (χ3n) is 4.00. The van der Waals surface area contributed by atoms with Crippen molar-refractivity contribution in [1.82, 2.24) is 14.7 Å². The number of hydrogen-bond acceptors (Lipinski definition) is 6. The van der Waals surface area contributed by atoms with E-state index in [0.717, 1.165) is 0 Å². The molecule has 0 fully saturated rings. The molecule has 0 amide bonds. The Labute approximate surface area is 239 Å². The molecule has 0 bridgehead atoms. The van der Waals surface area contributed by atoms with Gasteiger partial charge in [0.05, 0.1) is 48.3 Å². The molecule has 4 rings (SSSR count). The summed E-state index contributed by atoms with van der Waals surface area (Å²) in [4.78, 5) is 3.02. The molecule has 0 aliphatic rings. The van der Waals surface area contributed by atoms with Gasteiger partial charge in [0.2, 0.25) is 10.0 Å². The van der Waals surface area contributed by atoms with Crippen molar-refractivity contribution >= 4 is 33.4 Å². The minimum atomic E-state index is -5.40. The van der Waals surface area contributed by atoms with Crippen LogP contribution < -0.4 is 14.2 Å². The first-order chi connectivity index (χ1) is 24.1. The van der Waals surface area contributed by atoms with Crippen LogP contribution in [-0.4, -0.2) is 44.7 Å². The molecule has 0 unspecified atom stereocenters. The second-order valence-electron chi connectivity index (χ2n) is 6.15. The Morgan fingerprint density at radius 1 is 1.09 bits per heavy atom. The van der Waals surface area contributed by atoms with E-state index in [1.807, 2.05) is 0 Å². The van der Waals surface area contributed by atoms with Crippen LogP contribution in [0.25, 0.3) is 22.5 Å². The summed E-state index contributed by atoms with van der Waals surface area (Å²) in [5, 5.41) is -1.56. The highest BCUT2D eigenvalue weighted by molar-refractivity contribution is 7.99. The van der Waals surface area contributed by atoms with E-state index in [4.69, 9.17) is 41.1 Å². The first kappa shape index (κ1) is 11.0. The number of aromatic amines is 1. The van der Waals surface area contributed by atoms with Gasteiger partial charge in [-0.15, -0.1) is 0 Å². The number of methoxy groups -OCH3 is 2. The summed E-state index contributed by atoms with van der Waals surface area (Å²) < 4.78 is 185. The average Bonchev–Trinajstić information content (AvgIpc) is 3.34. The zero-order chi connectivity index (χ0) is 40.5. The fourth-order valence-corrected chi connectivity index (χ4v) is 3.74. The molecule has 0 spiro atoms. The van der Waals surface area contributed by atoms with Gasteiger partial charge in [0.15, 0.2) is 6.57 Å². The topological polar surface area (TPSA) is 93.3 Å². The maximum absolute atomic E-state index is 13.3. The zero-order valence-electron chi connectivity index (χ0n) is 35.4. The van der Waals surface area contributed by atoms with Crippen LogP contribution in [0.3, 0.4) is 0 Å². The molecule has 4 aromatic rings. The van der Waals surface area contributed by atoms with Crippen LogP contribution in [0.5, 0.6) is 11.5 Å². The number of rotatable bonds is 10. The predicted molar refractivity (Wildman–Crippen MR) is 140 cm³/mol. The van der Waals surface area contributed by atoms with Crippen LogP contribution in [0.1, 0.15) is 23.3 Å². The second kappa shape index (κ2) is 11.2. The third kappa shape index (κ3) is 6.18. The summed E-state index contributed by atoms with van der Waals surface area (Å²) in [5.74, 6) is -1.07. The third-order valence-corrected chi connectivity index (χ3v) is 5.87. The van der Waals surface area contributed by atoms with E-state index in [1.165, 1.54) is 24.0 Å². The molecule has 7 nitrogen and oxygen atoms in total. The first-order valence-electron chi connectivity index (χ1n) is 18.1. The summed E-state index contributed by atoms with van der Waals surface area (Å²) >= 11 is 5.50. The van der Waals surface area contributed by atoms with Crippen molar-refractivity contribution in [3.63, 3.8) is 0 Å². The monoisotopic (exact) mass is 565 g/mol. The van der Waals surface area contributed by atoms with E-state index in [0.29, 0.717) is 0 Å². The minimum absolute atomic E-state index is 0.0881. The number of ether oxygens (including phenoxy) is 2. The van der Waals surface area contributed by atoms with Gasteiger partial charge in [0.25, 0.3) is 0 Å². The number of nitrogens with zero attached hydrogens (tertiary/aromatic N) is 1.